The lowest BCUT2D eigenvalue weighted by atomic mass is 9.86. The maximum Gasteiger partial charge on any atom is 0.306 e. The van der Waals surface area contributed by atoms with Crippen molar-refractivity contribution in [3.8, 4) is 0 Å². The van der Waals surface area contributed by atoms with Crippen molar-refractivity contribution in [2.75, 3.05) is 0 Å². The summed E-state index contributed by atoms with van der Waals surface area (Å²) < 4.78 is 0. The highest BCUT2D eigenvalue weighted by atomic mass is 35.5. The zero-order valence-electron chi connectivity index (χ0n) is 12.9. The molecule has 5 heteroatoms. The third-order valence-electron chi connectivity index (χ3n) is 4.30. The van der Waals surface area contributed by atoms with Gasteiger partial charge in [-0.15, -0.1) is 0 Å². The van der Waals surface area contributed by atoms with Gasteiger partial charge in [-0.05, 0) is 49.3 Å². The van der Waals surface area contributed by atoms with E-state index in [4.69, 9.17) is 16.7 Å². The van der Waals surface area contributed by atoms with Gasteiger partial charge in [-0.3, -0.25) is 9.59 Å². The maximum atomic E-state index is 12.3. The van der Waals surface area contributed by atoms with Crippen LogP contribution in [0.2, 0.25) is 5.02 Å². The zero-order chi connectivity index (χ0) is 16.3. The highest BCUT2D eigenvalue weighted by Gasteiger charge is 2.27. The van der Waals surface area contributed by atoms with Crippen molar-refractivity contribution in [2.45, 2.75) is 51.5 Å². The monoisotopic (exact) mass is 323 g/mol. The molecule has 0 saturated heterocycles. The topological polar surface area (TPSA) is 66.4 Å². The smallest absolute Gasteiger partial charge is 0.306 e. The summed E-state index contributed by atoms with van der Waals surface area (Å²) in [5, 5.41) is 12.6. The minimum atomic E-state index is -0.735. The Hall–Kier alpha value is -1.55. The zero-order valence-corrected chi connectivity index (χ0v) is 13.7. The van der Waals surface area contributed by atoms with E-state index in [1.165, 1.54) is 0 Å². The summed E-state index contributed by atoms with van der Waals surface area (Å²) in [5.41, 5.74) is 1.58. The SMILES string of the molecule is CC(C)c1ccc(C(=O)NC2CCC(C(=O)O)CC2)cc1Cl. The van der Waals surface area contributed by atoms with E-state index in [1.807, 2.05) is 6.07 Å². The summed E-state index contributed by atoms with van der Waals surface area (Å²) in [4.78, 5) is 23.2. The van der Waals surface area contributed by atoms with Crippen molar-refractivity contribution < 1.29 is 14.7 Å². The molecule has 0 bridgehead atoms. The molecule has 2 N–H and O–H groups in total. The molecular formula is C17H22ClNO3. The first kappa shape index (κ1) is 16.8. The lowest BCUT2D eigenvalue weighted by molar-refractivity contribution is -0.142. The first-order valence-corrected chi connectivity index (χ1v) is 8.09. The van der Waals surface area contributed by atoms with Crippen LogP contribution >= 0.6 is 11.6 Å². The fraction of sp³-hybridized carbons (Fsp3) is 0.529. The number of rotatable bonds is 4. The molecule has 1 amide bonds. The van der Waals surface area contributed by atoms with E-state index in [9.17, 15) is 9.59 Å². The molecule has 0 spiro atoms. The van der Waals surface area contributed by atoms with Crippen molar-refractivity contribution in [3.05, 3.63) is 34.3 Å². The molecule has 0 unspecified atom stereocenters. The van der Waals surface area contributed by atoms with Crippen molar-refractivity contribution in [2.24, 2.45) is 5.92 Å². The van der Waals surface area contributed by atoms with Gasteiger partial charge in [0.1, 0.15) is 0 Å². The average molecular weight is 324 g/mol. The van der Waals surface area contributed by atoms with Gasteiger partial charge in [0.05, 0.1) is 5.92 Å². The van der Waals surface area contributed by atoms with Crippen LogP contribution < -0.4 is 5.32 Å². The summed E-state index contributed by atoms with van der Waals surface area (Å²) in [6.07, 6.45) is 2.65. The largest absolute Gasteiger partial charge is 0.481 e. The van der Waals surface area contributed by atoms with Gasteiger partial charge in [0.25, 0.3) is 5.91 Å². The van der Waals surface area contributed by atoms with E-state index < -0.39 is 5.97 Å². The maximum absolute atomic E-state index is 12.3. The van der Waals surface area contributed by atoms with Gasteiger partial charge in [-0.2, -0.15) is 0 Å². The van der Waals surface area contributed by atoms with Gasteiger partial charge in [0.15, 0.2) is 0 Å². The van der Waals surface area contributed by atoms with Crippen LogP contribution in [0.5, 0.6) is 0 Å². The summed E-state index contributed by atoms with van der Waals surface area (Å²) in [5.74, 6) is -0.833. The predicted molar refractivity (Wildman–Crippen MR) is 86.4 cm³/mol. The molecule has 0 atom stereocenters. The molecule has 1 aliphatic rings. The van der Waals surface area contributed by atoms with Crippen molar-refractivity contribution in [3.63, 3.8) is 0 Å². The lowest BCUT2D eigenvalue weighted by Gasteiger charge is -2.26. The Labute approximate surface area is 135 Å². The van der Waals surface area contributed by atoms with Crippen molar-refractivity contribution in [1.29, 1.82) is 0 Å². The van der Waals surface area contributed by atoms with Crippen LogP contribution in [0.3, 0.4) is 0 Å². The second kappa shape index (κ2) is 7.14. The Bertz CT molecular complexity index is 563. The molecule has 0 heterocycles. The van der Waals surface area contributed by atoms with Crippen LogP contribution in [0, 0.1) is 5.92 Å². The molecule has 1 aliphatic carbocycles. The van der Waals surface area contributed by atoms with Crippen LogP contribution in [-0.4, -0.2) is 23.0 Å². The minimum Gasteiger partial charge on any atom is -0.481 e. The molecule has 1 aromatic carbocycles. The molecule has 1 fully saturated rings. The second-order valence-electron chi connectivity index (χ2n) is 6.25. The Morgan fingerprint density at radius 2 is 1.86 bits per heavy atom. The lowest BCUT2D eigenvalue weighted by Crippen LogP contribution is -2.38. The molecule has 1 saturated carbocycles. The normalized spacial score (nSPS) is 21.6. The summed E-state index contributed by atoms with van der Waals surface area (Å²) in [6.45, 7) is 4.11. The first-order chi connectivity index (χ1) is 10.4. The van der Waals surface area contributed by atoms with Crippen LogP contribution in [0.4, 0.5) is 0 Å². The molecule has 2 rings (SSSR count). The Morgan fingerprint density at radius 1 is 1.23 bits per heavy atom. The van der Waals surface area contributed by atoms with E-state index in [-0.39, 0.29) is 17.9 Å². The molecule has 1 aromatic rings. The van der Waals surface area contributed by atoms with E-state index in [1.54, 1.807) is 12.1 Å². The number of halogens is 1. The summed E-state index contributed by atoms with van der Waals surface area (Å²) >= 11 is 6.22. The number of hydrogen-bond donors (Lipinski definition) is 2. The van der Waals surface area contributed by atoms with E-state index in [2.05, 4.69) is 19.2 Å². The summed E-state index contributed by atoms with van der Waals surface area (Å²) in [6, 6.07) is 5.43. The highest BCUT2D eigenvalue weighted by molar-refractivity contribution is 6.31. The van der Waals surface area contributed by atoms with Gasteiger partial charge in [-0.25, -0.2) is 0 Å². The van der Waals surface area contributed by atoms with Gasteiger partial charge in [-0.1, -0.05) is 31.5 Å². The fourth-order valence-electron chi connectivity index (χ4n) is 2.89. The van der Waals surface area contributed by atoms with Crippen LogP contribution in [0.15, 0.2) is 18.2 Å². The number of aliphatic carboxylic acids is 1. The molecule has 22 heavy (non-hydrogen) atoms. The van der Waals surface area contributed by atoms with Crippen LogP contribution in [-0.2, 0) is 4.79 Å². The molecule has 4 nitrogen and oxygen atoms in total. The highest BCUT2D eigenvalue weighted by Crippen LogP contribution is 2.27. The average Bonchev–Trinajstić information content (AvgIpc) is 2.47. The van der Waals surface area contributed by atoms with Gasteiger partial charge >= 0.3 is 5.97 Å². The number of benzene rings is 1. The van der Waals surface area contributed by atoms with E-state index in [0.29, 0.717) is 42.2 Å². The Morgan fingerprint density at radius 3 is 2.36 bits per heavy atom. The Balaban J connectivity index is 1.96. The molecule has 120 valence electrons. The minimum absolute atomic E-state index is 0.0478. The second-order valence-corrected chi connectivity index (χ2v) is 6.66. The quantitative estimate of drug-likeness (QED) is 0.884. The molecule has 0 radical (unpaired) electrons. The number of carboxylic acid groups (broad SMARTS) is 1. The first-order valence-electron chi connectivity index (χ1n) is 7.71. The van der Waals surface area contributed by atoms with Crippen molar-refractivity contribution in [1.82, 2.24) is 5.32 Å². The third kappa shape index (κ3) is 4.01. The van der Waals surface area contributed by atoms with Gasteiger partial charge < -0.3 is 10.4 Å². The third-order valence-corrected chi connectivity index (χ3v) is 4.62. The molecule has 0 aliphatic heterocycles. The Kier molecular flexibility index (Phi) is 5.46. The van der Waals surface area contributed by atoms with E-state index >= 15 is 0 Å². The number of carbonyl (C=O) groups excluding carboxylic acids is 1. The van der Waals surface area contributed by atoms with E-state index in [0.717, 1.165) is 5.56 Å². The molecule has 0 aromatic heterocycles. The van der Waals surface area contributed by atoms with Crippen molar-refractivity contribution >= 4 is 23.5 Å². The van der Waals surface area contributed by atoms with Crippen LogP contribution in [0.1, 0.15) is 61.4 Å². The number of amides is 1. The fourth-order valence-corrected chi connectivity index (χ4v) is 3.29. The predicted octanol–water partition coefficient (Wildman–Crippen LogP) is 3.84. The van der Waals surface area contributed by atoms with Gasteiger partial charge in [0, 0.05) is 16.6 Å². The number of hydrogen-bond acceptors (Lipinski definition) is 2. The van der Waals surface area contributed by atoms with Crippen LogP contribution in [0.25, 0.3) is 0 Å². The van der Waals surface area contributed by atoms with Gasteiger partial charge in [0.2, 0.25) is 0 Å². The summed E-state index contributed by atoms with van der Waals surface area (Å²) in [7, 11) is 0. The number of nitrogens with one attached hydrogen (secondary N) is 1. The number of carbonyl (C=O) groups is 2. The number of carboxylic acids is 1. The standard InChI is InChI=1S/C17H22ClNO3/c1-10(2)14-8-5-12(9-15(14)18)16(20)19-13-6-3-11(4-7-13)17(21)22/h5,8-11,13H,3-4,6-7H2,1-2H3,(H,19,20)(H,21,22). The molecular weight excluding hydrogens is 302 g/mol.